The Morgan fingerprint density at radius 1 is 1.16 bits per heavy atom. The second-order valence-corrected chi connectivity index (χ2v) is 5.11. The molecular formula is C16H18ClFO. The largest absolute Gasteiger partial charge is 0.490 e. The van der Waals surface area contributed by atoms with Crippen molar-refractivity contribution in [3.63, 3.8) is 0 Å². The van der Waals surface area contributed by atoms with Gasteiger partial charge in [-0.1, -0.05) is 24.7 Å². The molecule has 1 saturated carbocycles. The maximum Gasteiger partial charge on any atom is 0.128 e. The topological polar surface area (TPSA) is 9.23 Å². The van der Waals surface area contributed by atoms with E-state index in [-0.39, 0.29) is 17.8 Å². The standard InChI is InChI=1S/C16H18ClFO/c17-9-5-6-13-10-14(18)12-16(11-13)19-15-7-3-1-2-4-8-15/h10-12,15H,1-4,7-9H2. The number of hydrogen-bond donors (Lipinski definition) is 0. The zero-order valence-electron chi connectivity index (χ0n) is 10.9. The van der Waals surface area contributed by atoms with Gasteiger partial charge in [-0.25, -0.2) is 4.39 Å². The van der Waals surface area contributed by atoms with Crippen molar-refractivity contribution in [3.8, 4) is 17.6 Å². The summed E-state index contributed by atoms with van der Waals surface area (Å²) in [6.45, 7) is 0. The highest BCUT2D eigenvalue weighted by atomic mass is 35.5. The number of ether oxygens (including phenoxy) is 1. The van der Waals surface area contributed by atoms with E-state index in [4.69, 9.17) is 16.3 Å². The Hall–Kier alpha value is -1.20. The van der Waals surface area contributed by atoms with Crippen molar-refractivity contribution >= 4 is 11.6 Å². The van der Waals surface area contributed by atoms with E-state index in [0.29, 0.717) is 11.3 Å². The van der Waals surface area contributed by atoms with Gasteiger partial charge >= 0.3 is 0 Å². The second-order valence-electron chi connectivity index (χ2n) is 4.84. The molecule has 1 nitrogen and oxygen atoms in total. The minimum Gasteiger partial charge on any atom is -0.490 e. The van der Waals surface area contributed by atoms with E-state index < -0.39 is 0 Å². The van der Waals surface area contributed by atoms with Crippen LogP contribution in [-0.4, -0.2) is 12.0 Å². The minimum absolute atomic E-state index is 0.207. The predicted molar refractivity (Wildman–Crippen MR) is 76.1 cm³/mol. The third-order valence-corrected chi connectivity index (χ3v) is 3.41. The van der Waals surface area contributed by atoms with Crippen molar-refractivity contribution in [2.75, 3.05) is 5.88 Å². The average Bonchev–Trinajstić information content (AvgIpc) is 2.64. The molecule has 0 aliphatic heterocycles. The molecule has 1 aliphatic rings. The molecule has 0 amide bonds. The molecule has 1 aromatic carbocycles. The Bertz CT molecular complexity index is 467. The molecule has 102 valence electrons. The van der Waals surface area contributed by atoms with Crippen LogP contribution in [0.1, 0.15) is 44.1 Å². The van der Waals surface area contributed by atoms with Crippen molar-refractivity contribution in [1.82, 2.24) is 0 Å². The van der Waals surface area contributed by atoms with Gasteiger partial charge in [-0.3, -0.25) is 0 Å². The average molecular weight is 281 g/mol. The van der Waals surface area contributed by atoms with E-state index in [1.165, 1.54) is 37.8 Å². The fourth-order valence-corrected chi connectivity index (χ4v) is 2.46. The number of hydrogen-bond acceptors (Lipinski definition) is 1. The molecule has 0 unspecified atom stereocenters. The summed E-state index contributed by atoms with van der Waals surface area (Å²) < 4.78 is 19.4. The van der Waals surface area contributed by atoms with Crippen molar-refractivity contribution in [1.29, 1.82) is 0 Å². The molecule has 0 N–H and O–H groups in total. The number of benzene rings is 1. The predicted octanol–water partition coefficient (Wildman–Crippen LogP) is 4.52. The van der Waals surface area contributed by atoms with Gasteiger partial charge in [0, 0.05) is 11.6 Å². The van der Waals surface area contributed by atoms with Gasteiger partial charge in [0.05, 0.1) is 12.0 Å². The van der Waals surface area contributed by atoms with Gasteiger partial charge in [-0.15, -0.1) is 11.6 Å². The third kappa shape index (κ3) is 4.76. The van der Waals surface area contributed by atoms with Gasteiger partial charge < -0.3 is 4.74 Å². The lowest BCUT2D eigenvalue weighted by Gasteiger charge is -2.17. The second kappa shape index (κ2) is 7.40. The molecule has 0 atom stereocenters. The Balaban J connectivity index is 2.08. The number of halogens is 2. The fourth-order valence-electron chi connectivity index (χ4n) is 2.39. The van der Waals surface area contributed by atoms with Crippen LogP contribution >= 0.6 is 11.6 Å². The van der Waals surface area contributed by atoms with Crippen LogP contribution in [0, 0.1) is 17.7 Å². The quantitative estimate of drug-likeness (QED) is 0.440. The number of alkyl halides is 1. The van der Waals surface area contributed by atoms with E-state index in [9.17, 15) is 4.39 Å². The molecule has 0 spiro atoms. The van der Waals surface area contributed by atoms with Gasteiger partial charge in [0.1, 0.15) is 11.6 Å². The maximum absolute atomic E-state index is 13.5. The molecule has 0 aromatic heterocycles. The van der Waals surface area contributed by atoms with Crippen molar-refractivity contribution in [3.05, 3.63) is 29.6 Å². The van der Waals surface area contributed by atoms with Crippen LogP contribution in [0.15, 0.2) is 18.2 Å². The SMILES string of the molecule is Fc1cc(C#CCCl)cc(OC2CCCCCC2)c1. The summed E-state index contributed by atoms with van der Waals surface area (Å²) in [6, 6.07) is 4.61. The van der Waals surface area contributed by atoms with Crippen LogP contribution in [0.2, 0.25) is 0 Å². The summed E-state index contributed by atoms with van der Waals surface area (Å²) in [5, 5.41) is 0. The van der Waals surface area contributed by atoms with Crippen LogP contribution < -0.4 is 4.74 Å². The van der Waals surface area contributed by atoms with E-state index in [1.54, 1.807) is 6.07 Å². The van der Waals surface area contributed by atoms with Crippen LogP contribution in [0.25, 0.3) is 0 Å². The molecule has 0 heterocycles. The van der Waals surface area contributed by atoms with Crippen molar-refractivity contribution in [2.45, 2.75) is 44.6 Å². The first-order valence-corrected chi connectivity index (χ1v) is 7.33. The van der Waals surface area contributed by atoms with Crippen LogP contribution in [0.3, 0.4) is 0 Å². The molecule has 0 bridgehead atoms. The Morgan fingerprint density at radius 2 is 1.89 bits per heavy atom. The fraction of sp³-hybridized carbons (Fsp3) is 0.500. The summed E-state index contributed by atoms with van der Waals surface area (Å²) in [6.07, 6.45) is 7.25. The van der Waals surface area contributed by atoms with Crippen molar-refractivity contribution in [2.24, 2.45) is 0 Å². The maximum atomic E-state index is 13.5. The van der Waals surface area contributed by atoms with Gasteiger partial charge in [0.15, 0.2) is 0 Å². The third-order valence-electron chi connectivity index (χ3n) is 3.28. The highest BCUT2D eigenvalue weighted by Gasteiger charge is 2.14. The number of rotatable bonds is 2. The van der Waals surface area contributed by atoms with Crippen LogP contribution in [-0.2, 0) is 0 Å². The van der Waals surface area contributed by atoms with E-state index in [1.807, 2.05) is 0 Å². The van der Waals surface area contributed by atoms with Gasteiger partial charge in [0.25, 0.3) is 0 Å². The smallest absolute Gasteiger partial charge is 0.128 e. The van der Waals surface area contributed by atoms with E-state index in [2.05, 4.69) is 11.8 Å². The van der Waals surface area contributed by atoms with E-state index in [0.717, 1.165) is 12.8 Å². The summed E-state index contributed by atoms with van der Waals surface area (Å²) in [7, 11) is 0. The molecule has 2 rings (SSSR count). The molecule has 0 radical (unpaired) electrons. The normalized spacial score (nSPS) is 16.3. The molecule has 1 aromatic rings. The first-order chi connectivity index (χ1) is 9.28. The first-order valence-electron chi connectivity index (χ1n) is 6.80. The lowest BCUT2D eigenvalue weighted by molar-refractivity contribution is 0.183. The molecular weight excluding hydrogens is 263 g/mol. The molecule has 1 aliphatic carbocycles. The van der Waals surface area contributed by atoms with Gasteiger partial charge in [0.2, 0.25) is 0 Å². The Morgan fingerprint density at radius 3 is 2.58 bits per heavy atom. The lowest BCUT2D eigenvalue weighted by Crippen LogP contribution is -2.15. The highest BCUT2D eigenvalue weighted by molar-refractivity contribution is 6.19. The summed E-state index contributed by atoms with van der Waals surface area (Å²) >= 11 is 5.51. The molecule has 1 fully saturated rings. The zero-order valence-corrected chi connectivity index (χ0v) is 11.7. The summed E-state index contributed by atoms with van der Waals surface area (Å²) in [4.78, 5) is 0. The van der Waals surface area contributed by atoms with Crippen molar-refractivity contribution < 1.29 is 9.13 Å². The zero-order chi connectivity index (χ0) is 13.5. The summed E-state index contributed by atoms with van der Waals surface area (Å²) in [5.74, 6) is 6.05. The monoisotopic (exact) mass is 280 g/mol. The van der Waals surface area contributed by atoms with E-state index >= 15 is 0 Å². The van der Waals surface area contributed by atoms with Gasteiger partial charge in [-0.2, -0.15) is 0 Å². The summed E-state index contributed by atoms with van der Waals surface area (Å²) in [5.41, 5.74) is 0.615. The lowest BCUT2D eigenvalue weighted by atomic mass is 10.1. The molecule has 19 heavy (non-hydrogen) atoms. The first kappa shape index (κ1) is 14.2. The Labute approximate surface area is 119 Å². The van der Waals surface area contributed by atoms with Crippen LogP contribution in [0.5, 0.6) is 5.75 Å². The van der Waals surface area contributed by atoms with Gasteiger partial charge in [-0.05, 0) is 37.8 Å². The highest BCUT2D eigenvalue weighted by Crippen LogP contribution is 2.24. The minimum atomic E-state index is -0.315. The molecule has 3 heteroatoms. The Kier molecular flexibility index (Phi) is 5.54. The molecule has 0 saturated heterocycles. The van der Waals surface area contributed by atoms with Crippen LogP contribution in [0.4, 0.5) is 4.39 Å².